The first-order chi connectivity index (χ1) is 25.7. The maximum Gasteiger partial charge on any atom is 0.401 e. The van der Waals surface area contributed by atoms with Crippen molar-refractivity contribution in [1.29, 1.82) is 0 Å². The van der Waals surface area contributed by atoms with Gasteiger partial charge >= 0.3 is 16.4 Å². The highest BCUT2D eigenvalue weighted by Gasteiger charge is 2.67. The van der Waals surface area contributed by atoms with Crippen LogP contribution in [0, 0.1) is 16.7 Å². The number of alkyl halides is 3. The van der Waals surface area contributed by atoms with E-state index in [2.05, 4.69) is 21.4 Å². The molecule has 2 unspecified atom stereocenters. The molecular weight excluding hydrogens is 724 g/mol. The number of fused-ring (bicyclic) bond motifs is 6. The molecule has 11 nitrogen and oxygen atoms in total. The van der Waals surface area contributed by atoms with Crippen LogP contribution in [0.15, 0.2) is 52.6 Å². The minimum Gasteiger partial charge on any atom is -0.496 e. The number of carbonyl (C=O) groups excluding carboxylic acids is 2. The third-order valence-corrected chi connectivity index (χ3v) is 14.8. The highest BCUT2D eigenvalue weighted by molar-refractivity contribution is 7.87. The molecule has 1 N–H and O–H groups in total. The number of hydrogen-bond acceptors (Lipinski definition) is 7. The van der Waals surface area contributed by atoms with E-state index in [0.29, 0.717) is 62.1 Å². The SMILES string of the molecule is COc1ccc(C2CCCCC2)c2c1cc1n2CC2=C(C(=O)NS(=O)(=O)N(C)C)C2=C2C=CC[C@@H](C(=O)N3CC45COCC4(CN(CC(F)(F)F)C5)C3)[C@@H]21. The Labute approximate surface area is 313 Å². The fourth-order valence-electron chi connectivity index (χ4n) is 10.9. The van der Waals surface area contributed by atoms with E-state index in [-0.39, 0.29) is 19.0 Å². The fourth-order valence-corrected chi connectivity index (χ4v) is 11.4. The molecule has 1 aromatic carbocycles. The number of ether oxygens (including phenoxy) is 2. The summed E-state index contributed by atoms with van der Waals surface area (Å²) < 4.78 is 83.3. The summed E-state index contributed by atoms with van der Waals surface area (Å²) in [5, 5.41) is 0.937. The Hall–Kier alpha value is -3.66. The van der Waals surface area contributed by atoms with Gasteiger partial charge in [-0.1, -0.05) is 37.5 Å². The van der Waals surface area contributed by atoms with Crippen LogP contribution in [0.2, 0.25) is 0 Å². The average molecular weight is 770 g/mol. The van der Waals surface area contributed by atoms with Crippen LogP contribution in [0.4, 0.5) is 13.2 Å². The van der Waals surface area contributed by atoms with Gasteiger partial charge in [-0.3, -0.25) is 14.5 Å². The topological polar surface area (TPSA) is 113 Å². The quantitative estimate of drug-likeness (QED) is 0.438. The molecule has 4 fully saturated rings. The molecule has 4 atom stereocenters. The molecule has 0 spiro atoms. The third-order valence-electron chi connectivity index (χ3n) is 13.4. The monoisotopic (exact) mass is 769 g/mol. The molecule has 15 heteroatoms. The zero-order valence-corrected chi connectivity index (χ0v) is 31.6. The predicted molar refractivity (Wildman–Crippen MR) is 194 cm³/mol. The molecule has 3 saturated heterocycles. The molecule has 1 aromatic heterocycles. The van der Waals surface area contributed by atoms with Gasteiger partial charge in [-0.05, 0) is 59.6 Å². The summed E-state index contributed by atoms with van der Waals surface area (Å²) in [5.74, 6) is -0.733. The average Bonchev–Trinajstić information content (AvgIpc) is 3.25. The summed E-state index contributed by atoms with van der Waals surface area (Å²) in [7, 11) is 0.293. The lowest BCUT2D eigenvalue weighted by Crippen LogP contribution is -2.44. The summed E-state index contributed by atoms with van der Waals surface area (Å²) in [4.78, 5) is 32.1. The molecule has 9 rings (SSSR count). The molecule has 1 saturated carbocycles. The first kappa shape index (κ1) is 36.0. The molecule has 4 aliphatic heterocycles. The number of carbonyl (C=O) groups is 2. The van der Waals surface area contributed by atoms with E-state index < -0.39 is 51.5 Å². The van der Waals surface area contributed by atoms with Crippen LogP contribution < -0.4 is 9.46 Å². The van der Waals surface area contributed by atoms with Crippen molar-refractivity contribution in [3.05, 3.63) is 63.9 Å². The zero-order valence-electron chi connectivity index (χ0n) is 30.8. The van der Waals surface area contributed by atoms with E-state index >= 15 is 4.79 Å². The molecule has 0 radical (unpaired) electrons. The van der Waals surface area contributed by atoms with E-state index in [1.807, 2.05) is 23.1 Å². The smallest absolute Gasteiger partial charge is 0.401 e. The molecule has 0 bridgehead atoms. The maximum atomic E-state index is 15.0. The van der Waals surface area contributed by atoms with Gasteiger partial charge in [0.2, 0.25) is 5.91 Å². The van der Waals surface area contributed by atoms with Gasteiger partial charge in [0, 0.05) is 74.6 Å². The zero-order chi connectivity index (χ0) is 37.9. The van der Waals surface area contributed by atoms with E-state index in [0.717, 1.165) is 57.7 Å². The van der Waals surface area contributed by atoms with Crippen molar-refractivity contribution in [2.75, 3.05) is 67.1 Å². The number of rotatable bonds is 7. The standard InChI is InChI=1S/C39H46F3N5O6S/c1-44(2)54(50,51)43-35(48)33-28-15-47-29(14-27-30(52-3)13-12-24(34(27)47)23-8-5-4-6-9-23)31-25(32(28)33)10-7-11-26(31)36(49)46-18-37-16-45(20-39(40,41)42)17-38(37,19-46)22-53-21-37/h7,10,12-14,23,26,31H,4-6,8-9,11,15-22H2,1-3H3,(H,43,48)/t26-,31-,37?,38?/m1/s1. The fraction of sp³-hybridized carbons (Fsp3) is 0.590. The Bertz CT molecular complexity index is 2150. The number of nitrogens with zero attached hydrogens (tertiary/aromatic N) is 4. The minimum atomic E-state index is -4.31. The highest BCUT2D eigenvalue weighted by Crippen LogP contribution is 2.59. The van der Waals surface area contributed by atoms with E-state index in [9.17, 15) is 26.4 Å². The van der Waals surface area contributed by atoms with Crippen molar-refractivity contribution in [1.82, 2.24) is 23.4 Å². The summed E-state index contributed by atoms with van der Waals surface area (Å²) >= 11 is 0. The molecule has 54 heavy (non-hydrogen) atoms. The largest absolute Gasteiger partial charge is 0.496 e. The Morgan fingerprint density at radius 2 is 1.76 bits per heavy atom. The van der Waals surface area contributed by atoms with Gasteiger partial charge in [0.15, 0.2) is 0 Å². The van der Waals surface area contributed by atoms with Crippen LogP contribution in [-0.2, 0) is 31.1 Å². The van der Waals surface area contributed by atoms with Gasteiger partial charge in [-0.25, -0.2) is 4.72 Å². The summed E-state index contributed by atoms with van der Waals surface area (Å²) in [6.45, 7) is 1.07. The molecular formula is C39H46F3N5O6S. The van der Waals surface area contributed by atoms with Crippen LogP contribution in [0.25, 0.3) is 10.9 Å². The first-order valence-electron chi connectivity index (χ1n) is 18.9. The van der Waals surface area contributed by atoms with Gasteiger partial charge in [-0.15, -0.1) is 0 Å². The molecule has 3 aliphatic carbocycles. The van der Waals surface area contributed by atoms with Gasteiger partial charge in [0.05, 0.1) is 43.9 Å². The number of methoxy groups -OCH3 is 1. The van der Waals surface area contributed by atoms with Crippen LogP contribution in [0.3, 0.4) is 0 Å². The number of amides is 2. The van der Waals surface area contributed by atoms with Crippen molar-refractivity contribution in [3.63, 3.8) is 0 Å². The van der Waals surface area contributed by atoms with Crippen LogP contribution in [0.1, 0.15) is 61.6 Å². The van der Waals surface area contributed by atoms with Crippen LogP contribution >= 0.6 is 0 Å². The van der Waals surface area contributed by atoms with Crippen molar-refractivity contribution in [2.24, 2.45) is 16.7 Å². The van der Waals surface area contributed by atoms with Crippen LogP contribution in [0.5, 0.6) is 5.75 Å². The Kier molecular flexibility index (Phi) is 8.28. The van der Waals surface area contributed by atoms with Gasteiger partial charge in [0.25, 0.3) is 5.91 Å². The first-order valence-corrected chi connectivity index (χ1v) is 20.3. The highest BCUT2D eigenvalue weighted by atomic mass is 32.2. The van der Waals surface area contributed by atoms with Gasteiger partial charge in [0.1, 0.15) is 5.75 Å². The lowest BCUT2D eigenvalue weighted by atomic mass is 9.71. The van der Waals surface area contributed by atoms with Gasteiger partial charge < -0.3 is 18.9 Å². The lowest BCUT2D eigenvalue weighted by Gasteiger charge is -2.35. The Morgan fingerprint density at radius 1 is 1.06 bits per heavy atom. The molecule has 2 amide bonds. The molecule has 7 aliphatic rings. The second-order valence-corrected chi connectivity index (χ2v) is 18.6. The van der Waals surface area contributed by atoms with E-state index in [1.54, 1.807) is 7.11 Å². The second kappa shape index (κ2) is 12.4. The summed E-state index contributed by atoms with van der Waals surface area (Å²) in [5.41, 5.74) is 4.59. The minimum absolute atomic E-state index is 0.0681. The Balaban J connectivity index is 1.14. The van der Waals surface area contributed by atoms with E-state index in [4.69, 9.17) is 9.47 Å². The van der Waals surface area contributed by atoms with Crippen LogP contribution in [-0.4, -0.2) is 112 Å². The molecule has 290 valence electrons. The Morgan fingerprint density at radius 3 is 2.41 bits per heavy atom. The van der Waals surface area contributed by atoms with Gasteiger partial charge in [-0.2, -0.15) is 25.9 Å². The molecule has 2 aromatic rings. The predicted octanol–water partition coefficient (Wildman–Crippen LogP) is 4.62. The maximum absolute atomic E-state index is 15.0. The third kappa shape index (κ3) is 5.50. The van der Waals surface area contributed by atoms with Crippen molar-refractivity contribution in [2.45, 2.75) is 63.1 Å². The summed E-state index contributed by atoms with van der Waals surface area (Å²) in [6.07, 6.45) is 5.66. The molecule has 5 heterocycles. The van der Waals surface area contributed by atoms with Crippen molar-refractivity contribution >= 4 is 32.9 Å². The number of halogens is 3. The number of hydrogen-bond donors (Lipinski definition) is 1. The summed E-state index contributed by atoms with van der Waals surface area (Å²) in [6, 6.07) is 6.31. The van der Waals surface area contributed by atoms with Crippen molar-refractivity contribution in [3.8, 4) is 5.75 Å². The number of nitrogens with one attached hydrogen (secondary N) is 1. The lowest BCUT2D eigenvalue weighted by molar-refractivity contribution is -0.148. The van der Waals surface area contributed by atoms with Crippen molar-refractivity contribution < 1.29 is 40.7 Å². The van der Waals surface area contributed by atoms with E-state index in [1.165, 1.54) is 31.0 Å². The second-order valence-electron chi connectivity index (χ2n) is 16.7. The number of likely N-dealkylation sites (tertiary alicyclic amines) is 2. The normalized spacial score (nSPS) is 29.6. The number of allylic oxidation sites excluding steroid dienone is 4. The number of aromatic nitrogens is 1. The number of benzene rings is 1.